The van der Waals surface area contributed by atoms with Crippen LogP contribution < -0.4 is 5.32 Å². The van der Waals surface area contributed by atoms with Crippen LogP contribution in [0.25, 0.3) is 17.1 Å². The van der Waals surface area contributed by atoms with Crippen LogP contribution in [-0.2, 0) is 17.9 Å². The van der Waals surface area contributed by atoms with Crippen molar-refractivity contribution < 1.29 is 9.21 Å². The van der Waals surface area contributed by atoms with Crippen molar-refractivity contribution in [2.24, 2.45) is 0 Å². The minimum Gasteiger partial charge on any atom is -0.465 e. The summed E-state index contributed by atoms with van der Waals surface area (Å²) in [6, 6.07) is 19.9. The summed E-state index contributed by atoms with van der Waals surface area (Å²) in [5, 5.41) is 2.87. The highest BCUT2D eigenvalue weighted by Crippen LogP contribution is 2.14. The van der Waals surface area contributed by atoms with Crippen molar-refractivity contribution in [2.45, 2.75) is 13.1 Å². The van der Waals surface area contributed by atoms with Crippen LogP contribution in [0, 0.1) is 0 Å². The molecule has 0 aliphatic heterocycles. The first kappa shape index (κ1) is 16.8. The Morgan fingerprint density at radius 2 is 1.85 bits per heavy atom. The van der Waals surface area contributed by atoms with Crippen molar-refractivity contribution in [2.75, 3.05) is 0 Å². The molecular formula is C22H19N3O2. The van der Waals surface area contributed by atoms with E-state index in [2.05, 4.69) is 33.1 Å². The number of nitrogens with zero attached hydrogens (tertiary/aromatic N) is 2. The number of aromatic nitrogens is 2. The van der Waals surface area contributed by atoms with E-state index in [1.807, 2.05) is 36.7 Å². The number of hydrogen-bond acceptors (Lipinski definition) is 3. The molecule has 4 rings (SSSR count). The largest absolute Gasteiger partial charge is 0.465 e. The zero-order valence-corrected chi connectivity index (χ0v) is 14.7. The number of imidazole rings is 1. The molecule has 0 bridgehead atoms. The number of carbonyl (C=O) groups excluding carboxylic acids is 1. The number of furan rings is 1. The summed E-state index contributed by atoms with van der Waals surface area (Å²) in [6.45, 7) is 1.24. The number of carbonyl (C=O) groups is 1. The third-order valence-corrected chi connectivity index (χ3v) is 4.31. The van der Waals surface area contributed by atoms with Gasteiger partial charge in [-0.05, 0) is 41.5 Å². The summed E-state index contributed by atoms with van der Waals surface area (Å²) in [5.41, 5.74) is 4.36. The lowest BCUT2D eigenvalue weighted by atomic mass is 10.1. The second-order valence-corrected chi connectivity index (χ2v) is 6.24. The van der Waals surface area contributed by atoms with E-state index in [1.54, 1.807) is 24.5 Å². The van der Waals surface area contributed by atoms with Gasteiger partial charge >= 0.3 is 0 Å². The number of benzene rings is 2. The third-order valence-electron chi connectivity index (χ3n) is 4.31. The van der Waals surface area contributed by atoms with Gasteiger partial charge in [-0.3, -0.25) is 4.79 Å². The molecule has 134 valence electrons. The smallest absolute Gasteiger partial charge is 0.244 e. The molecule has 5 heteroatoms. The molecule has 0 aliphatic carbocycles. The van der Waals surface area contributed by atoms with E-state index in [1.165, 1.54) is 11.6 Å². The minimum absolute atomic E-state index is 0.152. The van der Waals surface area contributed by atoms with E-state index in [9.17, 15) is 4.79 Å². The standard InChI is InChI=1S/C22H19N3O2/c26-22(12-11-19-4-3-13-27-19)23-14-17-7-9-18(10-8-17)15-25-16-24-20-5-1-2-6-21(20)25/h1-13,16H,14-15H2,(H,23,26)/b12-11+. The van der Waals surface area contributed by atoms with Gasteiger partial charge in [0.15, 0.2) is 0 Å². The fourth-order valence-electron chi connectivity index (χ4n) is 2.89. The average Bonchev–Trinajstić information content (AvgIpc) is 3.36. The summed E-state index contributed by atoms with van der Waals surface area (Å²) in [7, 11) is 0. The van der Waals surface area contributed by atoms with E-state index in [0.717, 1.165) is 23.1 Å². The number of fused-ring (bicyclic) bond motifs is 1. The van der Waals surface area contributed by atoms with Crippen LogP contribution in [-0.4, -0.2) is 15.5 Å². The molecule has 5 nitrogen and oxygen atoms in total. The quantitative estimate of drug-likeness (QED) is 0.531. The Morgan fingerprint density at radius 1 is 1.04 bits per heavy atom. The van der Waals surface area contributed by atoms with Crippen LogP contribution in [0.3, 0.4) is 0 Å². The summed E-state index contributed by atoms with van der Waals surface area (Å²) in [6.07, 6.45) is 6.56. The number of nitrogens with one attached hydrogen (secondary N) is 1. The van der Waals surface area contributed by atoms with Gasteiger partial charge in [-0.25, -0.2) is 4.98 Å². The first-order valence-electron chi connectivity index (χ1n) is 8.75. The average molecular weight is 357 g/mol. The molecule has 0 spiro atoms. The van der Waals surface area contributed by atoms with Crippen LogP contribution >= 0.6 is 0 Å². The van der Waals surface area contributed by atoms with Crippen LogP contribution in [0.1, 0.15) is 16.9 Å². The van der Waals surface area contributed by atoms with Crippen molar-refractivity contribution in [3.63, 3.8) is 0 Å². The lowest BCUT2D eigenvalue weighted by molar-refractivity contribution is -0.116. The van der Waals surface area contributed by atoms with Crippen LogP contribution in [0.2, 0.25) is 0 Å². The Hall–Kier alpha value is -3.60. The Kier molecular flexibility index (Phi) is 4.83. The second kappa shape index (κ2) is 7.74. The molecule has 0 radical (unpaired) electrons. The van der Waals surface area contributed by atoms with E-state index in [4.69, 9.17) is 4.42 Å². The summed E-state index contributed by atoms with van der Waals surface area (Å²) in [5.74, 6) is 0.502. The van der Waals surface area contributed by atoms with E-state index < -0.39 is 0 Å². The number of para-hydroxylation sites is 2. The summed E-state index contributed by atoms with van der Waals surface area (Å²) >= 11 is 0. The fourth-order valence-corrected chi connectivity index (χ4v) is 2.89. The molecule has 2 aromatic heterocycles. The maximum absolute atomic E-state index is 11.9. The van der Waals surface area contributed by atoms with Crippen LogP contribution in [0.4, 0.5) is 0 Å². The molecular weight excluding hydrogens is 338 g/mol. The molecule has 2 aromatic carbocycles. The predicted octanol–water partition coefficient (Wildman–Crippen LogP) is 4.01. The molecule has 2 heterocycles. The molecule has 1 amide bonds. The van der Waals surface area contributed by atoms with Crippen LogP contribution in [0.5, 0.6) is 0 Å². The SMILES string of the molecule is O=C(/C=C/c1ccco1)NCc1ccc(Cn2cnc3ccccc32)cc1. The van der Waals surface area contributed by atoms with Crippen molar-refractivity contribution in [1.82, 2.24) is 14.9 Å². The zero-order chi connectivity index (χ0) is 18.5. The van der Waals surface area contributed by atoms with Gasteiger partial charge in [-0.1, -0.05) is 36.4 Å². The number of rotatable bonds is 6. The second-order valence-electron chi connectivity index (χ2n) is 6.24. The maximum Gasteiger partial charge on any atom is 0.244 e. The van der Waals surface area contributed by atoms with Gasteiger partial charge in [0.2, 0.25) is 5.91 Å². The monoisotopic (exact) mass is 357 g/mol. The van der Waals surface area contributed by atoms with Gasteiger partial charge in [0, 0.05) is 19.2 Å². The van der Waals surface area contributed by atoms with Gasteiger partial charge in [0.05, 0.1) is 23.6 Å². The van der Waals surface area contributed by atoms with Gasteiger partial charge in [-0.2, -0.15) is 0 Å². The normalized spacial score (nSPS) is 11.3. The van der Waals surface area contributed by atoms with Gasteiger partial charge in [-0.15, -0.1) is 0 Å². The third kappa shape index (κ3) is 4.15. The number of amides is 1. The molecule has 4 aromatic rings. The molecule has 0 unspecified atom stereocenters. The highest BCUT2D eigenvalue weighted by Gasteiger charge is 2.03. The van der Waals surface area contributed by atoms with Gasteiger partial charge in [0.1, 0.15) is 5.76 Å². The van der Waals surface area contributed by atoms with Crippen molar-refractivity contribution >= 4 is 23.0 Å². The zero-order valence-electron chi connectivity index (χ0n) is 14.7. The van der Waals surface area contributed by atoms with E-state index >= 15 is 0 Å². The van der Waals surface area contributed by atoms with Gasteiger partial charge in [0.25, 0.3) is 0 Å². The Balaban J connectivity index is 1.34. The van der Waals surface area contributed by atoms with Crippen molar-refractivity contribution in [3.8, 4) is 0 Å². The molecule has 0 saturated heterocycles. The summed E-state index contributed by atoms with van der Waals surface area (Å²) < 4.78 is 7.29. The lowest BCUT2D eigenvalue weighted by Crippen LogP contribution is -2.20. The Bertz CT molecular complexity index is 1060. The maximum atomic E-state index is 11.9. The predicted molar refractivity (Wildman–Crippen MR) is 105 cm³/mol. The molecule has 0 atom stereocenters. The van der Waals surface area contributed by atoms with E-state index in [-0.39, 0.29) is 5.91 Å². The molecule has 27 heavy (non-hydrogen) atoms. The first-order valence-corrected chi connectivity index (χ1v) is 8.75. The van der Waals surface area contributed by atoms with Gasteiger partial charge < -0.3 is 14.3 Å². The highest BCUT2D eigenvalue weighted by molar-refractivity contribution is 5.91. The fraction of sp³-hybridized carbons (Fsp3) is 0.0909. The highest BCUT2D eigenvalue weighted by atomic mass is 16.3. The molecule has 0 fully saturated rings. The lowest BCUT2D eigenvalue weighted by Gasteiger charge is -2.07. The minimum atomic E-state index is -0.152. The topological polar surface area (TPSA) is 60.1 Å². The summed E-state index contributed by atoms with van der Waals surface area (Å²) in [4.78, 5) is 16.3. The molecule has 0 saturated carbocycles. The Labute approximate surface area is 157 Å². The number of hydrogen-bond donors (Lipinski definition) is 1. The van der Waals surface area contributed by atoms with Crippen molar-refractivity contribution in [3.05, 3.63) is 96.2 Å². The van der Waals surface area contributed by atoms with Crippen molar-refractivity contribution in [1.29, 1.82) is 0 Å². The van der Waals surface area contributed by atoms with Crippen LogP contribution in [0.15, 0.2) is 83.7 Å². The Morgan fingerprint density at radius 3 is 2.67 bits per heavy atom. The van der Waals surface area contributed by atoms with E-state index in [0.29, 0.717) is 12.3 Å². The molecule has 1 N–H and O–H groups in total. The molecule has 0 aliphatic rings. The first-order chi connectivity index (χ1) is 13.3.